The number of rotatable bonds is 9. The van der Waals surface area contributed by atoms with Gasteiger partial charge in [0.25, 0.3) is 0 Å². The first kappa shape index (κ1) is 25.8. The van der Waals surface area contributed by atoms with E-state index in [9.17, 15) is 9.59 Å². The Morgan fingerprint density at radius 3 is 2.78 bits per heavy atom. The number of piperidine rings is 1. The van der Waals surface area contributed by atoms with Crippen molar-refractivity contribution in [3.8, 4) is 11.5 Å². The number of nitrogens with one attached hydrogen (secondary N) is 2. The van der Waals surface area contributed by atoms with Crippen molar-refractivity contribution in [3.63, 3.8) is 0 Å². The van der Waals surface area contributed by atoms with Crippen molar-refractivity contribution in [2.45, 2.75) is 37.4 Å². The van der Waals surface area contributed by atoms with Crippen LogP contribution < -0.4 is 10.6 Å². The Labute approximate surface area is 216 Å². The second-order valence-electron chi connectivity index (χ2n) is 10.00. The molecule has 3 atom stereocenters. The third-order valence-electron chi connectivity index (χ3n) is 7.50. The zero-order valence-corrected chi connectivity index (χ0v) is 21.3. The maximum absolute atomic E-state index is 13.3. The Morgan fingerprint density at radius 2 is 2.00 bits per heavy atom. The largest absolute Gasteiger partial charge is 0.420 e. The van der Waals surface area contributed by atoms with Gasteiger partial charge in [0, 0.05) is 37.8 Å². The highest BCUT2D eigenvalue weighted by Crippen LogP contribution is 2.29. The van der Waals surface area contributed by atoms with Crippen LogP contribution in [-0.2, 0) is 19.1 Å². The van der Waals surface area contributed by atoms with Crippen LogP contribution in [0, 0.1) is 5.92 Å². The van der Waals surface area contributed by atoms with Crippen LogP contribution in [0.1, 0.15) is 31.1 Å². The number of methoxy groups -OCH3 is 1. The van der Waals surface area contributed by atoms with E-state index in [0.29, 0.717) is 51.2 Å². The standard InChI is InChI=1S/C26H36N6O5/c1-35-14-12-32(15-22-27-21-9-13-36-17-20(21)24(34)28-22)23(33)16-31-10-7-19(8-11-31)26-30-29-25(37-26)18-5-3-2-4-6-18/h2-6,19-22,27H,7-17H2,1H3,(H,28,34). The lowest BCUT2D eigenvalue weighted by Crippen LogP contribution is -2.66. The molecular weight excluding hydrogens is 476 g/mol. The topological polar surface area (TPSA) is 122 Å². The summed E-state index contributed by atoms with van der Waals surface area (Å²) in [5.41, 5.74) is 0.913. The summed E-state index contributed by atoms with van der Waals surface area (Å²) in [7, 11) is 1.63. The molecule has 11 heteroatoms. The van der Waals surface area contributed by atoms with Crippen molar-refractivity contribution >= 4 is 11.8 Å². The quantitative estimate of drug-likeness (QED) is 0.503. The van der Waals surface area contributed by atoms with E-state index in [1.807, 2.05) is 30.3 Å². The van der Waals surface area contributed by atoms with Gasteiger partial charge in [-0.3, -0.25) is 19.8 Å². The average molecular weight is 513 g/mol. The van der Waals surface area contributed by atoms with E-state index in [0.717, 1.165) is 37.9 Å². The van der Waals surface area contributed by atoms with Crippen molar-refractivity contribution in [2.24, 2.45) is 5.92 Å². The number of nitrogens with zero attached hydrogens (tertiary/aromatic N) is 4. The fourth-order valence-corrected chi connectivity index (χ4v) is 5.34. The van der Waals surface area contributed by atoms with Gasteiger partial charge in [0.05, 0.1) is 38.4 Å². The van der Waals surface area contributed by atoms with E-state index < -0.39 is 0 Å². The van der Waals surface area contributed by atoms with Crippen molar-refractivity contribution in [3.05, 3.63) is 36.2 Å². The number of fused-ring (bicyclic) bond motifs is 1. The van der Waals surface area contributed by atoms with Crippen LogP contribution in [0.3, 0.4) is 0 Å². The molecule has 2 N–H and O–H groups in total. The normalized spacial score (nSPS) is 24.9. The van der Waals surface area contributed by atoms with Gasteiger partial charge in [-0.2, -0.15) is 0 Å². The molecule has 37 heavy (non-hydrogen) atoms. The fraction of sp³-hybridized carbons (Fsp3) is 0.615. The van der Waals surface area contributed by atoms with Gasteiger partial charge in [0.2, 0.25) is 23.6 Å². The molecular formula is C26H36N6O5. The second kappa shape index (κ2) is 12.1. The van der Waals surface area contributed by atoms with Crippen LogP contribution in [0.4, 0.5) is 0 Å². The summed E-state index contributed by atoms with van der Waals surface area (Å²) >= 11 is 0. The minimum Gasteiger partial charge on any atom is -0.420 e. The lowest BCUT2D eigenvalue weighted by molar-refractivity contribution is -0.139. The van der Waals surface area contributed by atoms with Gasteiger partial charge in [0.1, 0.15) is 0 Å². The smallest absolute Gasteiger partial charge is 0.247 e. The van der Waals surface area contributed by atoms with Gasteiger partial charge in [-0.25, -0.2) is 0 Å². The first-order chi connectivity index (χ1) is 18.1. The van der Waals surface area contributed by atoms with E-state index in [1.54, 1.807) is 12.0 Å². The van der Waals surface area contributed by atoms with E-state index in [2.05, 4.69) is 25.7 Å². The molecule has 200 valence electrons. The van der Waals surface area contributed by atoms with E-state index in [4.69, 9.17) is 13.9 Å². The zero-order valence-electron chi connectivity index (χ0n) is 21.3. The number of hydrogen-bond donors (Lipinski definition) is 2. The minimum absolute atomic E-state index is 0.00823. The number of ether oxygens (including phenoxy) is 2. The number of aromatic nitrogens is 2. The summed E-state index contributed by atoms with van der Waals surface area (Å²) in [6, 6.07) is 9.85. The van der Waals surface area contributed by atoms with Gasteiger partial charge in [0.15, 0.2) is 0 Å². The number of benzene rings is 1. The first-order valence-corrected chi connectivity index (χ1v) is 13.1. The Kier molecular flexibility index (Phi) is 8.45. The average Bonchev–Trinajstić information content (AvgIpc) is 3.42. The highest BCUT2D eigenvalue weighted by Gasteiger charge is 2.39. The van der Waals surface area contributed by atoms with Crippen molar-refractivity contribution in [1.29, 1.82) is 0 Å². The molecule has 0 bridgehead atoms. The number of carbonyl (C=O) groups excluding carboxylic acids is 2. The van der Waals surface area contributed by atoms with E-state index in [-0.39, 0.29) is 35.9 Å². The molecule has 0 radical (unpaired) electrons. The maximum atomic E-state index is 13.3. The predicted molar refractivity (Wildman–Crippen MR) is 134 cm³/mol. The van der Waals surface area contributed by atoms with E-state index >= 15 is 0 Å². The van der Waals surface area contributed by atoms with Crippen molar-refractivity contribution in [1.82, 2.24) is 30.6 Å². The minimum atomic E-state index is -0.283. The molecule has 4 heterocycles. The summed E-state index contributed by atoms with van der Waals surface area (Å²) in [5.74, 6) is 1.25. The Bertz CT molecular complexity index is 1040. The zero-order chi connectivity index (χ0) is 25.6. The lowest BCUT2D eigenvalue weighted by Gasteiger charge is -2.41. The summed E-state index contributed by atoms with van der Waals surface area (Å²) in [6.07, 6.45) is 2.22. The van der Waals surface area contributed by atoms with Crippen LogP contribution in [-0.4, -0.2) is 104 Å². The number of hydrogen-bond acceptors (Lipinski definition) is 9. The Morgan fingerprint density at radius 1 is 1.19 bits per heavy atom. The van der Waals surface area contributed by atoms with Crippen LogP contribution in [0.25, 0.3) is 11.5 Å². The van der Waals surface area contributed by atoms with Gasteiger partial charge in [-0.05, 0) is 44.5 Å². The third-order valence-corrected chi connectivity index (χ3v) is 7.50. The highest BCUT2D eigenvalue weighted by atomic mass is 16.5. The monoisotopic (exact) mass is 512 g/mol. The van der Waals surface area contributed by atoms with Gasteiger partial charge in [-0.15, -0.1) is 10.2 Å². The molecule has 11 nitrogen and oxygen atoms in total. The molecule has 3 unspecified atom stereocenters. The third kappa shape index (κ3) is 6.35. The predicted octanol–water partition coefficient (Wildman–Crippen LogP) is 0.842. The molecule has 1 aromatic carbocycles. The first-order valence-electron chi connectivity index (χ1n) is 13.1. The highest BCUT2D eigenvalue weighted by molar-refractivity contribution is 5.81. The molecule has 0 spiro atoms. The van der Waals surface area contributed by atoms with Gasteiger partial charge < -0.3 is 24.1 Å². The van der Waals surface area contributed by atoms with Crippen molar-refractivity contribution < 1.29 is 23.5 Å². The summed E-state index contributed by atoms with van der Waals surface area (Å²) < 4.78 is 16.7. The van der Waals surface area contributed by atoms with E-state index in [1.165, 1.54) is 0 Å². The van der Waals surface area contributed by atoms with Crippen LogP contribution in [0.15, 0.2) is 34.7 Å². The lowest BCUT2D eigenvalue weighted by atomic mass is 9.92. The number of amides is 2. The Hall–Kier alpha value is -2.86. The molecule has 0 saturated carbocycles. The molecule has 1 aromatic heterocycles. The summed E-state index contributed by atoms with van der Waals surface area (Å²) in [5, 5.41) is 15.0. The fourth-order valence-electron chi connectivity index (χ4n) is 5.34. The van der Waals surface area contributed by atoms with Crippen molar-refractivity contribution in [2.75, 3.05) is 59.7 Å². The molecule has 3 saturated heterocycles. The second-order valence-corrected chi connectivity index (χ2v) is 10.00. The molecule has 3 aliphatic rings. The van der Waals surface area contributed by atoms with Gasteiger partial charge in [-0.1, -0.05) is 18.2 Å². The van der Waals surface area contributed by atoms with Gasteiger partial charge >= 0.3 is 0 Å². The molecule has 2 aromatic rings. The molecule has 0 aliphatic carbocycles. The summed E-state index contributed by atoms with van der Waals surface area (Å²) in [4.78, 5) is 29.8. The maximum Gasteiger partial charge on any atom is 0.247 e. The van der Waals surface area contributed by atoms with Crippen LogP contribution >= 0.6 is 0 Å². The SMILES string of the molecule is COCCN(CC1NC(=O)C2COCCC2N1)C(=O)CN1CCC(c2nnc(-c3ccccc3)o2)CC1. The molecule has 5 rings (SSSR count). The number of carbonyl (C=O) groups is 2. The van der Waals surface area contributed by atoms with Crippen LogP contribution in [0.2, 0.25) is 0 Å². The molecule has 3 aliphatic heterocycles. The molecule has 3 fully saturated rings. The number of likely N-dealkylation sites (tertiary alicyclic amines) is 1. The Balaban J connectivity index is 1.13. The van der Waals surface area contributed by atoms with Crippen LogP contribution in [0.5, 0.6) is 0 Å². The molecule has 2 amide bonds. The summed E-state index contributed by atoms with van der Waals surface area (Å²) in [6.45, 7) is 4.29.